The zero-order valence-corrected chi connectivity index (χ0v) is 9.91. The standard InChI is InChI=1S/C8H12OSi.C3H6/c1-2-9-10-8-6-4-3-5-7-8;1-3-2/h3-7H,2,10H2,1H3;3H,1H2,2H3. The summed E-state index contributed by atoms with van der Waals surface area (Å²) in [5, 5.41) is 1.38. The molecule has 0 aliphatic heterocycles. The summed E-state index contributed by atoms with van der Waals surface area (Å²) in [5.74, 6) is 0. The van der Waals surface area contributed by atoms with E-state index in [9.17, 15) is 0 Å². The molecule has 2 heteroatoms. The minimum absolute atomic E-state index is 0.411. The van der Waals surface area contributed by atoms with Gasteiger partial charge in [-0.3, -0.25) is 0 Å². The van der Waals surface area contributed by atoms with Crippen LogP contribution in [0.4, 0.5) is 0 Å². The quantitative estimate of drug-likeness (QED) is 0.525. The molecule has 0 spiro atoms. The molecule has 0 aromatic heterocycles. The molecule has 0 bridgehead atoms. The Morgan fingerprint density at radius 1 is 1.38 bits per heavy atom. The fraction of sp³-hybridized carbons (Fsp3) is 0.273. The van der Waals surface area contributed by atoms with Gasteiger partial charge in [0, 0.05) is 6.61 Å². The highest BCUT2D eigenvalue weighted by atomic mass is 28.2. The number of hydrogen-bond donors (Lipinski definition) is 0. The van der Waals surface area contributed by atoms with Gasteiger partial charge in [0.25, 0.3) is 0 Å². The predicted octanol–water partition coefficient (Wildman–Crippen LogP) is 1.62. The minimum atomic E-state index is -0.411. The Balaban J connectivity index is 0.000000424. The highest BCUT2D eigenvalue weighted by Crippen LogP contribution is 1.81. The van der Waals surface area contributed by atoms with Crippen LogP contribution in [0.3, 0.4) is 0 Å². The lowest BCUT2D eigenvalue weighted by Gasteiger charge is -1.98. The summed E-state index contributed by atoms with van der Waals surface area (Å²) in [5.41, 5.74) is 0. The van der Waals surface area contributed by atoms with Crippen molar-refractivity contribution in [2.45, 2.75) is 13.8 Å². The maximum absolute atomic E-state index is 5.36. The molecule has 0 saturated carbocycles. The first kappa shape index (κ1) is 12.1. The maximum Gasteiger partial charge on any atom is 0.192 e. The van der Waals surface area contributed by atoms with Crippen LogP contribution >= 0.6 is 0 Å². The molecule has 1 aromatic carbocycles. The molecule has 0 saturated heterocycles. The van der Waals surface area contributed by atoms with Crippen LogP contribution in [0.15, 0.2) is 43.0 Å². The van der Waals surface area contributed by atoms with Gasteiger partial charge in [-0.15, -0.1) is 6.58 Å². The van der Waals surface area contributed by atoms with Crippen molar-refractivity contribution in [3.05, 3.63) is 43.0 Å². The molecule has 0 amide bonds. The van der Waals surface area contributed by atoms with Gasteiger partial charge < -0.3 is 4.43 Å². The van der Waals surface area contributed by atoms with Gasteiger partial charge in [-0.2, -0.15) is 0 Å². The molecule has 0 atom stereocenters. The second-order valence-electron chi connectivity index (χ2n) is 2.53. The van der Waals surface area contributed by atoms with Gasteiger partial charge in [0.2, 0.25) is 0 Å². The molecular formula is C11H18OSi. The van der Waals surface area contributed by atoms with Crippen LogP contribution in [-0.4, -0.2) is 16.4 Å². The van der Waals surface area contributed by atoms with Crippen LogP contribution in [0.5, 0.6) is 0 Å². The first-order valence-corrected chi connectivity index (χ1v) is 5.82. The third-order valence-electron chi connectivity index (χ3n) is 1.32. The summed E-state index contributed by atoms with van der Waals surface area (Å²) in [4.78, 5) is 0. The van der Waals surface area contributed by atoms with Crippen molar-refractivity contribution in [2.24, 2.45) is 0 Å². The minimum Gasteiger partial charge on any atom is -0.419 e. The van der Waals surface area contributed by atoms with Crippen LogP contribution in [0, 0.1) is 0 Å². The molecule has 0 radical (unpaired) electrons. The van der Waals surface area contributed by atoms with E-state index < -0.39 is 9.76 Å². The Labute approximate surface area is 83.4 Å². The van der Waals surface area contributed by atoms with Gasteiger partial charge in [0.05, 0.1) is 0 Å². The number of rotatable bonds is 3. The van der Waals surface area contributed by atoms with E-state index in [0.717, 1.165) is 6.61 Å². The van der Waals surface area contributed by atoms with E-state index in [1.54, 1.807) is 6.08 Å². The van der Waals surface area contributed by atoms with Gasteiger partial charge in [-0.1, -0.05) is 36.4 Å². The van der Waals surface area contributed by atoms with Crippen molar-refractivity contribution < 1.29 is 4.43 Å². The zero-order valence-electron chi connectivity index (χ0n) is 8.49. The summed E-state index contributed by atoms with van der Waals surface area (Å²) in [6.07, 6.45) is 1.75. The van der Waals surface area contributed by atoms with Crippen molar-refractivity contribution in [2.75, 3.05) is 6.61 Å². The first-order valence-electron chi connectivity index (χ1n) is 4.53. The summed E-state index contributed by atoms with van der Waals surface area (Å²) in [6, 6.07) is 10.4. The second kappa shape index (κ2) is 9.23. The fourth-order valence-corrected chi connectivity index (χ4v) is 1.70. The van der Waals surface area contributed by atoms with E-state index in [-0.39, 0.29) is 0 Å². The molecule has 72 valence electrons. The lowest BCUT2D eigenvalue weighted by molar-refractivity contribution is 0.367. The topological polar surface area (TPSA) is 9.23 Å². The average molecular weight is 194 g/mol. The van der Waals surface area contributed by atoms with Crippen LogP contribution in [0.1, 0.15) is 13.8 Å². The summed E-state index contributed by atoms with van der Waals surface area (Å²) < 4.78 is 5.36. The van der Waals surface area contributed by atoms with Crippen molar-refractivity contribution in [3.8, 4) is 0 Å². The molecule has 1 aromatic rings. The van der Waals surface area contributed by atoms with Crippen molar-refractivity contribution >= 4 is 14.9 Å². The third-order valence-corrected chi connectivity index (χ3v) is 2.73. The molecule has 1 rings (SSSR count). The Morgan fingerprint density at radius 3 is 2.38 bits per heavy atom. The first-order chi connectivity index (χ1) is 6.35. The lowest BCUT2D eigenvalue weighted by atomic mass is 10.4. The second-order valence-corrected chi connectivity index (χ2v) is 4.04. The Bertz CT molecular complexity index is 209. The predicted molar refractivity (Wildman–Crippen MR) is 62.1 cm³/mol. The van der Waals surface area contributed by atoms with Gasteiger partial charge in [-0.05, 0) is 19.0 Å². The Kier molecular flexibility index (Phi) is 8.61. The number of allylic oxidation sites excluding steroid dienone is 1. The summed E-state index contributed by atoms with van der Waals surface area (Å²) in [6.45, 7) is 8.14. The SMILES string of the molecule is C=CC.CCO[SiH2]c1ccccc1. The highest BCUT2D eigenvalue weighted by molar-refractivity contribution is 6.46. The molecule has 1 nitrogen and oxygen atoms in total. The molecule has 13 heavy (non-hydrogen) atoms. The van der Waals surface area contributed by atoms with E-state index in [2.05, 4.69) is 30.8 Å². The van der Waals surface area contributed by atoms with Gasteiger partial charge in [-0.25, -0.2) is 0 Å². The maximum atomic E-state index is 5.36. The monoisotopic (exact) mass is 194 g/mol. The van der Waals surface area contributed by atoms with Crippen LogP contribution < -0.4 is 5.19 Å². The van der Waals surface area contributed by atoms with Crippen molar-refractivity contribution in [1.29, 1.82) is 0 Å². The molecule has 0 aliphatic carbocycles. The molecule has 0 fully saturated rings. The van der Waals surface area contributed by atoms with E-state index in [1.165, 1.54) is 5.19 Å². The Morgan fingerprint density at radius 2 is 1.92 bits per heavy atom. The Hall–Kier alpha value is -0.863. The lowest BCUT2D eigenvalue weighted by Crippen LogP contribution is -2.16. The van der Waals surface area contributed by atoms with E-state index in [0.29, 0.717) is 0 Å². The third kappa shape index (κ3) is 7.50. The van der Waals surface area contributed by atoms with Gasteiger partial charge in [0.1, 0.15) is 0 Å². The summed E-state index contributed by atoms with van der Waals surface area (Å²) in [7, 11) is -0.411. The molecule has 0 aliphatic rings. The largest absolute Gasteiger partial charge is 0.419 e. The van der Waals surface area contributed by atoms with E-state index in [1.807, 2.05) is 19.9 Å². The van der Waals surface area contributed by atoms with Crippen LogP contribution in [0.25, 0.3) is 0 Å². The molecule has 0 unspecified atom stereocenters. The van der Waals surface area contributed by atoms with Crippen molar-refractivity contribution in [3.63, 3.8) is 0 Å². The van der Waals surface area contributed by atoms with E-state index >= 15 is 0 Å². The van der Waals surface area contributed by atoms with Crippen molar-refractivity contribution in [1.82, 2.24) is 0 Å². The molecule has 0 heterocycles. The average Bonchev–Trinajstić information content (AvgIpc) is 2.18. The van der Waals surface area contributed by atoms with Gasteiger partial charge >= 0.3 is 0 Å². The molecule has 0 N–H and O–H groups in total. The number of hydrogen-bond acceptors (Lipinski definition) is 1. The number of benzene rings is 1. The summed E-state index contributed by atoms with van der Waals surface area (Å²) >= 11 is 0. The smallest absolute Gasteiger partial charge is 0.192 e. The highest BCUT2D eigenvalue weighted by Gasteiger charge is 1.88. The van der Waals surface area contributed by atoms with Crippen LogP contribution in [0.2, 0.25) is 0 Å². The normalized spacial score (nSPS) is 9.38. The van der Waals surface area contributed by atoms with Crippen LogP contribution in [-0.2, 0) is 4.43 Å². The fourth-order valence-electron chi connectivity index (χ4n) is 0.794. The molecular weight excluding hydrogens is 176 g/mol. The van der Waals surface area contributed by atoms with Gasteiger partial charge in [0.15, 0.2) is 9.76 Å². The zero-order chi connectivity index (χ0) is 9.94. The van der Waals surface area contributed by atoms with E-state index in [4.69, 9.17) is 4.43 Å².